The van der Waals surface area contributed by atoms with Crippen molar-refractivity contribution in [1.29, 1.82) is 0 Å². The molecule has 39 heavy (non-hydrogen) atoms. The van der Waals surface area contributed by atoms with E-state index < -0.39 is 0 Å². The van der Waals surface area contributed by atoms with E-state index in [0.29, 0.717) is 0 Å². The lowest BCUT2D eigenvalue weighted by Gasteiger charge is -2.07. The van der Waals surface area contributed by atoms with Crippen LogP contribution in [0.15, 0.2) is 12.4 Å². The lowest BCUT2D eigenvalue weighted by molar-refractivity contribution is -0.704. The minimum Gasteiger partial charge on any atom is -0.234 e. The molecule has 1 aromatic heterocycles. The second-order valence-electron chi connectivity index (χ2n) is 12.7. The summed E-state index contributed by atoms with van der Waals surface area (Å²) in [5.41, 5.74) is 0. The van der Waals surface area contributed by atoms with Gasteiger partial charge in [0.25, 0.3) is 5.82 Å². The first kappa shape index (κ1) is 36.2. The van der Waals surface area contributed by atoms with Crippen LogP contribution in [0.1, 0.15) is 206 Å². The summed E-state index contributed by atoms with van der Waals surface area (Å²) in [5, 5.41) is 0. The average molecular weight is 546 g/mol. The molecule has 0 amide bonds. The number of hydrogen-bond donors (Lipinski definition) is 0. The highest BCUT2D eigenvalue weighted by atomic mass is 15.1. The van der Waals surface area contributed by atoms with Crippen LogP contribution in [0, 0.1) is 0 Å². The fraction of sp³-hybridized carbons (Fsp3) is 0.919. The van der Waals surface area contributed by atoms with E-state index in [1.54, 1.807) is 5.82 Å². The molecule has 0 unspecified atom stereocenters. The van der Waals surface area contributed by atoms with Gasteiger partial charge in [-0.15, -0.1) is 0 Å². The van der Waals surface area contributed by atoms with Gasteiger partial charge in [-0.25, -0.2) is 9.13 Å². The van der Waals surface area contributed by atoms with Crippen molar-refractivity contribution in [2.45, 2.75) is 220 Å². The number of unbranched alkanes of at least 4 members (excludes halogenated alkanes) is 25. The van der Waals surface area contributed by atoms with Crippen LogP contribution >= 0.6 is 0 Å². The van der Waals surface area contributed by atoms with Crippen molar-refractivity contribution in [3.8, 4) is 0 Å². The molecule has 0 aliphatic heterocycles. The van der Waals surface area contributed by atoms with Gasteiger partial charge in [-0.05, 0) is 32.1 Å². The van der Waals surface area contributed by atoms with Crippen molar-refractivity contribution in [1.82, 2.24) is 4.57 Å². The first-order valence-corrected chi connectivity index (χ1v) is 18.4. The minimum atomic E-state index is 1.22. The van der Waals surface area contributed by atoms with E-state index in [9.17, 15) is 0 Å². The summed E-state index contributed by atoms with van der Waals surface area (Å²) in [4.78, 5) is 0. The van der Waals surface area contributed by atoms with Crippen molar-refractivity contribution >= 4 is 0 Å². The quantitative estimate of drug-likeness (QED) is 0.0648. The molecule has 2 nitrogen and oxygen atoms in total. The van der Waals surface area contributed by atoms with E-state index in [2.05, 4.69) is 42.3 Å². The van der Waals surface area contributed by atoms with Gasteiger partial charge < -0.3 is 0 Å². The van der Waals surface area contributed by atoms with E-state index in [1.807, 2.05) is 0 Å². The average Bonchev–Trinajstić information content (AvgIpc) is 3.33. The summed E-state index contributed by atoms with van der Waals surface area (Å²) in [7, 11) is 0. The standard InChI is InChI=1S/C37H73N2/c1-4-7-10-13-15-17-19-20-21-22-23-25-27-29-32-37-38(33-30-12-9-6-3)35-36-39(37)34-31-28-26-24-18-16-14-11-8-5-2/h35-36H,4-34H2,1-3H3/q+1. The van der Waals surface area contributed by atoms with E-state index in [-0.39, 0.29) is 0 Å². The number of aryl methyl sites for hydroxylation is 2. The highest BCUT2D eigenvalue weighted by molar-refractivity contribution is 4.84. The maximum absolute atomic E-state index is 2.62. The topological polar surface area (TPSA) is 8.81 Å². The molecule has 0 spiro atoms. The molecule has 230 valence electrons. The lowest BCUT2D eigenvalue weighted by atomic mass is 10.0. The Morgan fingerprint density at radius 1 is 0.436 bits per heavy atom. The molecule has 0 aromatic carbocycles. The van der Waals surface area contributed by atoms with Crippen LogP contribution in [0.4, 0.5) is 0 Å². The number of rotatable bonds is 31. The fourth-order valence-electron chi connectivity index (χ4n) is 6.15. The lowest BCUT2D eigenvalue weighted by Crippen LogP contribution is -2.37. The van der Waals surface area contributed by atoms with Gasteiger partial charge >= 0.3 is 0 Å². The van der Waals surface area contributed by atoms with E-state index >= 15 is 0 Å². The predicted octanol–water partition coefficient (Wildman–Crippen LogP) is 12.3. The largest absolute Gasteiger partial charge is 0.256 e. The highest BCUT2D eigenvalue weighted by Crippen LogP contribution is 2.15. The summed E-state index contributed by atoms with van der Waals surface area (Å²) in [6.45, 7) is 9.39. The molecule has 0 aliphatic carbocycles. The minimum absolute atomic E-state index is 1.22. The van der Waals surface area contributed by atoms with Crippen LogP contribution in [-0.4, -0.2) is 4.57 Å². The normalized spacial score (nSPS) is 11.6. The molecule has 0 fully saturated rings. The molecule has 0 aliphatic rings. The van der Waals surface area contributed by atoms with Crippen LogP contribution in [0.2, 0.25) is 0 Å². The molecule has 0 saturated heterocycles. The molecular formula is C37H73N2+. The van der Waals surface area contributed by atoms with Gasteiger partial charge in [-0.1, -0.05) is 168 Å². The molecule has 1 heterocycles. The van der Waals surface area contributed by atoms with Gasteiger partial charge in [0.2, 0.25) is 0 Å². The van der Waals surface area contributed by atoms with Gasteiger partial charge in [-0.2, -0.15) is 0 Å². The van der Waals surface area contributed by atoms with Crippen LogP contribution < -0.4 is 4.57 Å². The Labute approximate surface area is 247 Å². The first-order chi connectivity index (χ1) is 19.3. The summed E-state index contributed by atoms with van der Waals surface area (Å²) in [5.74, 6) is 1.61. The van der Waals surface area contributed by atoms with Gasteiger partial charge in [0.05, 0.1) is 13.1 Å². The van der Waals surface area contributed by atoms with Gasteiger partial charge in [-0.3, -0.25) is 0 Å². The molecule has 0 radical (unpaired) electrons. The molecule has 0 saturated carbocycles. The maximum atomic E-state index is 2.62. The molecule has 1 aromatic rings. The molecule has 2 heteroatoms. The summed E-state index contributed by atoms with van der Waals surface area (Å²) in [6, 6.07) is 0. The third-order valence-corrected chi connectivity index (χ3v) is 8.85. The summed E-state index contributed by atoms with van der Waals surface area (Å²) in [6.07, 6.45) is 45.9. The third-order valence-electron chi connectivity index (χ3n) is 8.85. The van der Waals surface area contributed by atoms with E-state index in [0.717, 1.165) is 0 Å². The van der Waals surface area contributed by atoms with Crippen molar-refractivity contribution in [3.63, 3.8) is 0 Å². The smallest absolute Gasteiger partial charge is 0.234 e. The highest BCUT2D eigenvalue weighted by Gasteiger charge is 2.16. The Hall–Kier alpha value is -0.790. The Bertz CT molecular complexity index is 605. The van der Waals surface area contributed by atoms with E-state index in [1.165, 1.54) is 199 Å². The number of hydrogen-bond acceptors (Lipinski definition) is 0. The number of imidazole rings is 1. The predicted molar refractivity (Wildman–Crippen MR) is 175 cm³/mol. The summed E-state index contributed by atoms with van der Waals surface area (Å²) >= 11 is 0. The molecular weight excluding hydrogens is 472 g/mol. The number of aromatic nitrogens is 2. The Morgan fingerprint density at radius 3 is 1.23 bits per heavy atom. The second kappa shape index (κ2) is 28.7. The van der Waals surface area contributed by atoms with Crippen LogP contribution in [-0.2, 0) is 19.5 Å². The SMILES string of the molecule is CCCCCCCCCCCCCCCCc1n(CCCCCC)cc[n+]1CCCCCCCCCCCC. The zero-order valence-corrected chi connectivity index (χ0v) is 27.5. The first-order valence-electron chi connectivity index (χ1n) is 18.4. The van der Waals surface area contributed by atoms with Crippen LogP contribution in [0.25, 0.3) is 0 Å². The Morgan fingerprint density at radius 2 is 0.795 bits per heavy atom. The van der Waals surface area contributed by atoms with Crippen molar-refractivity contribution in [2.75, 3.05) is 0 Å². The van der Waals surface area contributed by atoms with Crippen LogP contribution in [0.5, 0.6) is 0 Å². The van der Waals surface area contributed by atoms with Crippen molar-refractivity contribution in [3.05, 3.63) is 18.2 Å². The summed E-state index contributed by atoms with van der Waals surface area (Å²) < 4.78 is 5.22. The van der Waals surface area contributed by atoms with Gasteiger partial charge in [0.1, 0.15) is 12.4 Å². The monoisotopic (exact) mass is 546 g/mol. The van der Waals surface area contributed by atoms with E-state index in [4.69, 9.17) is 0 Å². The molecule has 0 atom stereocenters. The Kier molecular flexibility index (Phi) is 26.7. The van der Waals surface area contributed by atoms with Gasteiger partial charge in [0.15, 0.2) is 0 Å². The van der Waals surface area contributed by atoms with Crippen molar-refractivity contribution < 1.29 is 4.57 Å². The molecule has 1 rings (SSSR count). The molecule has 0 bridgehead atoms. The van der Waals surface area contributed by atoms with Crippen LogP contribution in [0.3, 0.4) is 0 Å². The third kappa shape index (κ3) is 21.6. The van der Waals surface area contributed by atoms with Gasteiger partial charge in [0, 0.05) is 6.42 Å². The zero-order valence-electron chi connectivity index (χ0n) is 27.5. The fourth-order valence-corrected chi connectivity index (χ4v) is 6.15. The number of nitrogens with zero attached hydrogens (tertiary/aromatic N) is 2. The zero-order chi connectivity index (χ0) is 28.1. The molecule has 0 N–H and O–H groups in total. The maximum Gasteiger partial charge on any atom is 0.256 e. The van der Waals surface area contributed by atoms with Crippen molar-refractivity contribution in [2.24, 2.45) is 0 Å². The Balaban J connectivity index is 2.21. The second-order valence-corrected chi connectivity index (χ2v) is 12.7.